The fourth-order valence-electron chi connectivity index (χ4n) is 3.18. The zero-order valence-corrected chi connectivity index (χ0v) is 10.6. The third-order valence-corrected chi connectivity index (χ3v) is 4.17. The van der Waals surface area contributed by atoms with Crippen molar-refractivity contribution < 1.29 is 9.13 Å². The number of piperidine rings is 1. The molecule has 2 nitrogen and oxygen atoms in total. The van der Waals surface area contributed by atoms with Gasteiger partial charge in [-0.05, 0) is 36.8 Å². The van der Waals surface area contributed by atoms with Gasteiger partial charge in [0, 0.05) is 12.1 Å². The molecule has 1 unspecified atom stereocenters. The van der Waals surface area contributed by atoms with Crippen molar-refractivity contribution in [3.8, 4) is 0 Å². The number of alkyl halides is 1. The van der Waals surface area contributed by atoms with Crippen molar-refractivity contribution in [1.29, 1.82) is 0 Å². The van der Waals surface area contributed by atoms with Crippen LogP contribution in [0.3, 0.4) is 0 Å². The molecule has 0 spiro atoms. The maximum atomic E-state index is 12.8. The van der Waals surface area contributed by atoms with Crippen LogP contribution in [0.25, 0.3) is 0 Å². The molecule has 2 fully saturated rings. The Labute approximate surface area is 108 Å². The van der Waals surface area contributed by atoms with Crippen molar-refractivity contribution in [3.05, 3.63) is 35.4 Å². The van der Waals surface area contributed by atoms with Crippen LogP contribution >= 0.6 is 0 Å². The zero-order chi connectivity index (χ0) is 12.4. The summed E-state index contributed by atoms with van der Waals surface area (Å²) in [7, 11) is 0. The van der Waals surface area contributed by atoms with Crippen LogP contribution in [0, 0.1) is 0 Å². The number of nitrogens with one attached hydrogen (secondary N) is 1. The molecular formula is C15H20FNO. The topological polar surface area (TPSA) is 21.3 Å². The van der Waals surface area contributed by atoms with E-state index in [2.05, 4.69) is 5.32 Å². The molecule has 0 aliphatic carbocycles. The van der Waals surface area contributed by atoms with Crippen LogP contribution in [-0.4, -0.2) is 18.2 Å². The summed E-state index contributed by atoms with van der Waals surface area (Å²) in [6.45, 7) is 0.140. The van der Waals surface area contributed by atoms with Gasteiger partial charge < -0.3 is 10.1 Å². The van der Waals surface area contributed by atoms with E-state index in [1.54, 1.807) is 0 Å². The van der Waals surface area contributed by atoms with E-state index in [0.717, 1.165) is 24.0 Å². The first-order valence-corrected chi connectivity index (χ1v) is 6.85. The smallest absolute Gasteiger partial charge is 0.115 e. The van der Waals surface area contributed by atoms with E-state index >= 15 is 0 Å². The largest absolute Gasteiger partial charge is 0.373 e. The zero-order valence-electron chi connectivity index (χ0n) is 10.6. The Morgan fingerprint density at radius 2 is 1.78 bits per heavy atom. The van der Waals surface area contributed by atoms with Crippen LogP contribution in [0.2, 0.25) is 0 Å². The molecule has 2 heterocycles. The molecule has 1 N–H and O–H groups in total. The van der Waals surface area contributed by atoms with Crippen molar-refractivity contribution in [2.75, 3.05) is 0 Å². The van der Waals surface area contributed by atoms with Crippen LogP contribution in [0.1, 0.15) is 36.8 Å². The number of hydrogen-bond acceptors (Lipinski definition) is 2. The number of ether oxygens (including phenoxy) is 1. The Kier molecular flexibility index (Phi) is 3.62. The first-order valence-electron chi connectivity index (χ1n) is 6.85. The van der Waals surface area contributed by atoms with E-state index in [9.17, 15) is 4.39 Å². The molecule has 0 radical (unpaired) electrons. The number of halogens is 1. The van der Waals surface area contributed by atoms with Gasteiger partial charge in [-0.2, -0.15) is 0 Å². The van der Waals surface area contributed by atoms with Gasteiger partial charge in [0.25, 0.3) is 0 Å². The van der Waals surface area contributed by atoms with Crippen molar-refractivity contribution >= 4 is 0 Å². The van der Waals surface area contributed by atoms with Gasteiger partial charge in [-0.3, -0.25) is 0 Å². The molecule has 3 heteroatoms. The lowest BCUT2D eigenvalue weighted by Crippen LogP contribution is -2.41. The van der Waals surface area contributed by atoms with E-state index < -0.39 is 6.67 Å². The normalized spacial score (nSPS) is 30.6. The summed E-state index contributed by atoms with van der Waals surface area (Å²) in [6.07, 6.45) is 5.12. The SMILES string of the molecule is FCc1ccccc1COC1C[C@H]2CC[C@@H](C1)N2. The van der Waals surface area contributed by atoms with Crippen molar-refractivity contribution in [3.63, 3.8) is 0 Å². The fraction of sp³-hybridized carbons (Fsp3) is 0.600. The number of benzene rings is 1. The standard InChI is InChI=1S/C15H20FNO/c16-9-11-3-1-2-4-12(11)10-18-15-7-13-5-6-14(8-15)17-13/h1-4,13-15,17H,5-10H2/t13-,14+,15?. The van der Waals surface area contributed by atoms with E-state index in [1.165, 1.54) is 12.8 Å². The molecule has 3 atom stereocenters. The van der Waals surface area contributed by atoms with Gasteiger partial charge in [0.1, 0.15) is 6.67 Å². The highest BCUT2D eigenvalue weighted by Crippen LogP contribution is 2.29. The Bertz CT molecular complexity index is 397. The predicted octanol–water partition coefficient (Wildman–Crippen LogP) is 2.96. The lowest BCUT2D eigenvalue weighted by molar-refractivity contribution is 0.00872. The van der Waals surface area contributed by atoms with Crippen LogP contribution in [-0.2, 0) is 18.0 Å². The molecule has 1 aromatic rings. The third kappa shape index (κ3) is 2.57. The number of fused-ring (bicyclic) bond motifs is 2. The van der Waals surface area contributed by atoms with Gasteiger partial charge in [-0.15, -0.1) is 0 Å². The molecule has 2 aliphatic rings. The summed E-state index contributed by atoms with van der Waals surface area (Å²) in [5.41, 5.74) is 1.75. The van der Waals surface area contributed by atoms with Gasteiger partial charge in [-0.1, -0.05) is 24.3 Å². The minimum absolute atomic E-state index is 0.344. The molecule has 2 saturated heterocycles. The first-order chi connectivity index (χ1) is 8.85. The quantitative estimate of drug-likeness (QED) is 0.885. The average Bonchev–Trinajstić information content (AvgIpc) is 2.76. The van der Waals surface area contributed by atoms with Gasteiger partial charge in [0.2, 0.25) is 0 Å². The summed E-state index contributed by atoms with van der Waals surface area (Å²) in [5, 5.41) is 3.60. The van der Waals surface area contributed by atoms with Gasteiger partial charge >= 0.3 is 0 Å². The second-order valence-corrected chi connectivity index (χ2v) is 5.44. The van der Waals surface area contributed by atoms with E-state index in [4.69, 9.17) is 4.74 Å². The van der Waals surface area contributed by atoms with E-state index in [-0.39, 0.29) is 0 Å². The first kappa shape index (κ1) is 12.1. The predicted molar refractivity (Wildman–Crippen MR) is 69.0 cm³/mol. The number of rotatable bonds is 4. The van der Waals surface area contributed by atoms with Crippen molar-refractivity contribution in [2.45, 2.75) is 57.2 Å². The summed E-state index contributed by atoms with van der Waals surface area (Å²) in [6, 6.07) is 8.91. The molecular weight excluding hydrogens is 229 g/mol. The highest BCUT2D eigenvalue weighted by Gasteiger charge is 2.33. The summed E-state index contributed by atoms with van der Waals surface area (Å²) >= 11 is 0. The molecule has 0 amide bonds. The lowest BCUT2D eigenvalue weighted by atomic mass is 10.0. The molecule has 3 rings (SSSR count). The Morgan fingerprint density at radius 1 is 1.11 bits per heavy atom. The number of hydrogen-bond donors (Lipinski definition) is 1. The van der Waals surface area contributed by atoms with Crippen LogP contribution in [0.15, 0.2) is 24.3 Å². The Hall–Kier alpha value is -0.930. The molecule has 0 saturated carbocycles. The molecule has 98 valence electrons. The lowest BCUT2D eigenvalue weighted by Gasteiger charge is -2.29. The summed E-state index contributed by atoms with van der Waals surface area (Å²) in [4.78, 5) is 0. The minimum atomic E-state index is -0.406. The van der Waals surface area contributed by atoms with E-state index in [1.807, 2.05) is 24.3 Å². The molecule has 0 aromatic heterocycles. The molecule has 18 heavy (non-hydrogen) atoms. The highest BCUT2D eigenvalue weighted by atomic mass is 19.1. The Morgan fingerprint density at radius 3 is 2.44 bits per heavy atom. The maximum absolute atomic E-state index is 12.8. The van der Waals surface area contributed by atoms with E-state index in [0.29, 0.717) is 24.8 Å². The fourth-order valence-corrected chi connectivity index (χ4v) is 3.18. The second-order valence-electron chi connectivity index (χ2n) is 5.44. The second kappa shape index (κ2) is 5.37. The third-order valence-electron chi connectivity index (χ3n) is 4.17. The van der Waals surface area contributed by atoms with Crippen molar-refractivity contribution in [2.24, 2.45) is 0 Å². The minimum Gasteiger partial charge on any atom is -0.373 e. The van der Waals surface area contributed by atoms with Gasteiger partial charge in [0.15, 0.2) is 0 Å². The van der Waals surface area contributed by atoms with Crippen LogP contribution in [0.4, 0.5) is 4.39 Å². The molecule has 2 bridgehead atoms. The monoisotopic (exact) mass is 249 g/mol. The summed E-state index contributed by atoms with van der Waals surface area (Å²) < 4.78 is 18.8. The maximum Gasteiger partial charge on any atom is 0.115 e. The molecule has 1 aromatic carbocycles. The summed E-state index contributed by atoms with van der Waals surface area (Å²) in [5.74, 6) is 0. The van der Waals surface area contributed by atoms with Crippen LogP contribution in [0.5, 0.6) is 0 Å². The highest BCUT2D eigenvalue weighted by molar-refractivity contribution is 5.25. The van der Waals surface area contributed by atoms with Gasteiger partial charge in [0.05, 0.1) is 12.7 Å². The Balaban J connectivity index is 1.58. The van der Waals surface area contributed by atoms with Crippen molar-refractivity contribution in [1.82, 2.24) is 5.32 Å². The molecule has 2 aliphatic heterocycles. The van der Waals surface area contributed by atoms with Gasteiger partial charge in [-0.25, -0.2) is 4.39 Å². The average molecular weight is 249 g/mol. The van der Waals surface area contributed by atoms with Crippen LogP contribution < -0.4 is 5.32 Å².